The largest absolute Gasteiger partial charge is 0.396 e. The fraction of sp³-hybridized carbons (Fsp3) is 0.682. The van der Waals surface area contributed by atoms with Crippen LogP contribution in [0.5, 0.6) is 0 Å². The molecule has 6 heteroatoms. The number of fused-ring (bicyclic) bond motifs is 1. The van der Waals surface area contributed by atoms with Crippen molar-refractivity contribution in [3.05, 3.63) is 23.9 Å². The predicted octanol–water partition coefficient (Wildman–Crippen LogP) is 3.64. The first-order chi connectivity index (χ1) is 13.7. The molecule has 0 saturated heterocycles. The summed E-state index contributed by atoms with van der Waals surface area (Å²) in [4.78, 5) is 22.2. The average Bonchev–Trinajstić information content (AvgIpc) is 2.73. The van der Waals surface area contributed by atoms with E-state index in [9.17, 15) is 9.90 Å². The number of nitrogens with one attached hydrogen (secondary N) is 1. The molecule has 2 saturated carbocycles. The molecule has 1 heterocycles. The van der Waals surface area contributed by atoms with Gasteiger partial charge in [-0.05, 0) is 56.6 Å². The minimum atomic E-state index is -0.279. The van der Waals surface area contributed by atoms with E-state index >= 15 is 0 Å². The SMILES string of the molecule is O=C1NC(CSC2CCC(CO)CC2)=NC2=CC(=NC3CCCCC3)C=CC12. The van der Waals surface area contributed by atoms with Gasteiger partial charge in [-0.1, -0.05) is 25.3 Å². The van der Waals surface area contributed by atoms with E-state index in [1.807, 2.05) is 30.0 Å². The van der Waals surface area contributed by atoms with Crippen LogP contribution in [0.15, 0.2) is 33.9 Å². The van der Waals surface area contributed by atoms with Gasteiger partial charge in [0.05, 0.1) is 29.1 Å². The third kappa shape index (κ3) is 4.95. The van der Waals surface area contributed by atoms with Gasteiger partial charge >= 0.3 is 0 Å². The first-order valence-corrected chi connectivity index (χ1v) is 11.8. The van der Waals surface area contributed by atoms with Crippen molar-refractivity contribution in [2.45, 2.75) is 69.1 Å². The van der Waals surface area contributed by atoms with Crippen molar-refractivity contribution in [1.29, 1.82) is 0 Å². The summed E-state index contributed by atoms with van der Waals surface area (Å²) in [5.41, 5.74) is 1.80. The number of aliphatic hydroxyl groups is 1. The van der Waals surface area contributed by atoms with Crippen molar-refractivity contribution >= 4 is 29.2 Å². The summed E-state index contributed by atoms with van der Waals surface area (Å²) >= 11 is 1.88. The van der Waals surface area contributed by atoms with Crippen molar-refractivity contribution in [2.75, 3.05) is 12.4 Å². The lowest BCUT2D eigenvalue weighted by atomic mass is 9.90. The molecule has 0 radical (unpaired) electrons. The topological polar surface area (TPSA) is 74.0 Å². The molecule has 2 fully saturated rings. The lowest BCUT2D eigenvalue weighted by molar-refractivity contribution is -0.121. The summed E-state index contributed by atoms with van der Waals surface area (Å²) < 4.78 is 0. The van der Waals surface area contributed by atoms with E-state index < -0.39 is 0 Å². The van der Waals surface area contributed by atoms with Gasteiger partial charge in [0.1, 0.15) is 5.84 Å². The fourth-order valence-corrected chi connectivity index (χ4v) is 5.69. The van der Waals surface area contributed by atoms with Gasteiger partial charge in [-0.3, -0.25) is 9.79 Å². The van der Waals surface area contributed by atoms with Crippen LogP contribution in [0, 0.1) is 11.8 Å². The molecular weight excluding hydrogens is 370 g/mol. The monoisotopic (exact) mass is 401 g/mol. The summed E-state index contributed by atoms with van der Waals surface area (Å²) in [5.74, 6) is 1.73. The Morgan fingerprint density at radius 2 is 1.93 bits per heavy atom. The zero-order valence-electron chi connectivity index (χ0n) is 16.5. The Hall–Kier alpha value is -1.40. The highest BCUT2D eigenvalue weighted by molar-refractivity contribution is 8.00. The molecule has 5 nitrogen and oxygen atoms in total. The molecule has 28 heavy (non-hydrogen) atoms. The Morgan fingerprint density at radius 1 is 1.14 bits per heavy atom. The minimum absolute atomic E-state index is 0.0220. The van der Waals surface area contributed by atoms with E-state index in [1.54, 1.807) is 0 Å². The summed E-state index contributed by atoms with van der Waals surface area (Å²) in [6, 6.07) is 0.423. The normalized spacial score (nSPS) is 32.5. The van der Waals surface area contributed by atoms with Crippen molar-refractivity contribution in [3.8, 4) is 0 Å². The summed E-state index contributed by atoms with van der Waals surface area (Å²) in [7, 11) is 0. The zero-order valence-corrected chi connectivity index (χ0v) is 17.3. The minimum Gasteiger partial charge on any atom is -0.396 e. The van der Waals surface area contributed by atoms with E-state index in [1.165, 1.54) is 32.1 Å². The van der Waals surface area contributed by atoms with Crippen LogP contribution >= 0.6 is 11.8 Å². The standard InChI is InChI=1S/C22H31N3O2S/c26-13-15-6-9-18(10-7-15)28-14-21-24-20-12-17(8-11-19(20)22(27)25-21)23-16-4-2-1-3-5-16/h8,11-12,15-16,18-19,26H,1-7,9-10,13-14H2,(H,24,25,27). The average molecular weight is 402 g/mol. The number of thioether (sulfide) groups is 1. The number of hydrogen-bond donors (Lipinski definition) is 2. The van der Waals surface area contributed by atoms with Crippen molar-refractivity contribution < 1.29 is 9.90 Å². The molecule has 1 amide bonds. The number of rotatable bonds is 5. The van der Waals surface area contributed by atoms with Crippen LogP contribution in [-0.2, 0) is 4.79 Å². The number of amides is 1. The maximum Gasteiger partial charge on any atom is 0.238 e. The molecule has 0 aromatic heterocycles. The van der Waals surface area contributed by atoms with Gasteiger partial charge in [-0.25, -0.2) is 4.99 Å². The molecular formula is C22H31N3O2S. The second-order valence-corrected chi connectivity index (χ2v) is 9.72. The number of aliphatic hydroxyl groups excluding tert-OH is 1. The number of carbonyl (C=O) groups excluding carboxylic acids is 1. The Morgan fingerprint density at radius 3 is 2.68 bits per heavy atom. The van der Waals surface area contributed by atoms with Crippen LogP contribution < -0.4 is 5.32 Å². The van der Waals surface area contributed by atoms with Gasteiger partial charge in [0.25, 0.3) is 0 Å². The van der Waals surface area contributed by atoms with Crippen molar-refractivity contribution in [3.63, 3.8) is 0 Å². The van der Waals surface area contributed by atoms with Gasteiger partial charge in [0.2, 0.25) is 5.91 Å². The van der Waals surface area contributed by atoms with E-state index in [-0.39, 0.29) is 11.8 Å². The van der Waals surface area contributed by atoms with E-state index in [4.69, 9.17) is 9.98 Å². The Bertz CT molecular complexity index is 699. The highest BCUT2D eigenvalue weighted by Crippen LogP contribution is 2.32. The quantitative estimate of drug-likeness (QED) is 0.739. The van der Waals surface area contributed by atoms with Crippen LogP contribution in [0.1, 0.15) is 57.8 Å². The van der Waals surface area contributed by atoms with E-state index in [0.29, 0.717) is 23.8 Å². The predicted molar refractivity (Wildman–Crippen MR) is 116 cm³/mol. The number of aliphatic imine (C=N–C) groups is 2. The van der Waals surface area contributed by atoms with Crippen LogP contribution in [0.25, 0.3) is 0 Å². The number of carbonyl (C=O) groups is 1. The molecule has 0 bridgehead atoms. The van der Waals surface area contributed by atoms with Gasteiger partial charge in [0, 0.05) is 11.9 Å². The molecule has 1 atom stereocenters. The van der Waals surface area contributed by atoms with Crippen LogP contribution in [0.2, 0.25) is 0 Å². The number of amidine groups is 1. The third-order valence-corrected chi connectivity index (χ3v) is 7.68. The molecule has 152 valence electrons. The zero-order chi connectivity index (χ0) is 19.3. The van der Waals surface area contributed by atoms with Crippen LogP contribution in [-0.4, -0.2) is 46.2 Å². The van der Waals surface area contributed by atoms with Gasteiger partial charge in [-0.15, -0.1) is 0 Å². The maximum atomic E-state index is 12.5. The van der Waals surface area contributed by atoms with E-state index in [0.717, 1.165) is 48.7 Å². The highest BCUT2D eigenvalue weighted by Gasteiger charge is 2.30. The van der Waals surface area contributed by atoms with Crippen molar-refractivity contribution in [1.82, 2.24) is 5.32 Å². The third-order valence-electron chi connectivity index (χ3n) is 6.30. The summed E-state index contributed by atoms with van der Waals surface area (Å²) in [5, 5.41) is 12.9. The number of hydrogen-bond acceptors (Lipinski definition) is 5. The number of nitrogens with zero attached hydrogens (tertiary/aromatic N) is 2. The lowest BCUT2D eigenvalue weighted by Crippen LogP contribution is -2.42. The molecule has 4 aliphatic rings. The van der Waals surface area contributed by atoms with Crippen LogP contribution in [0.3, 0.4) is 0 Å². The molecule has 0 spiro atoms. The Labute approximate surface area is 171 Å². The molecule has 3 aliphatic carbocycles. The van der Waals surface area contributed by atoms with Gasteiger partial charge in [-0.2, -0.15) is 11.8 Å². The molecule has 2 N–H and O–H groups in total. The first kappa shape index (κ1) is 19.9. The lowest BCUT2D eigenvalue weighted by Gasteiger charge is -2.28. The van der Waals surface area contributed by atoms with Gasteiger partial charge in [0.15, 0.2) is 0 Å². The van der Waals surface area contributed by atoms with Crippen LogP contribution in [0.4, 0.5) is 0 Å². The van der Waals surface area contributed by atoms with E-state index in [2.05, 4.69) is 5.32 Å². The summed E-state index contributed by atoms with van der Waals surface area (Å²) in [6.45, 7) is 0.313. The second kappa shape index (κ2) is 9.40. The highest BCUT2D eigenvalue weighted by atomic mass is 32.2. The summed E-state index contributed by atoms with van der Waals surface area (Å²) in [6.07, 6.45) is 16.6. The molecule has 0 aromatic rings. The van der Waals surface area contributed by atoms with Gasteiger partial charge < -0.3 is 10.4 Å². The molecule has 1 aliphatic heterocycles. The number of allylic oxidation sites excluding steroid dienone is 2. The van der Waals surface area contributed by atoms with Crippen molar-refractivity contribution in [2.24, 2.45) is 21.8 Å². The fourth-order valence-electron chi connectivity index (χ4n) is 4.56. The molecule has 0 aromatic carbocycles. The molecule has 4 rings (SSSR count). The first-order valence-electron chi connectivity index (χ1n) is 10.8. The maximum absolute atomic E-state index is 12.5. The Kier molecular flexibility index (Phi) is 6.68. The molecule has 1 unspecified atom stereocenters. The second-order valence-electron chi connectivity index (χ2n) is 8.44. The Balaban J connectivity index is 1.38. The smallest absolute Gasteiger partial charge is 0.238 e.